The Morgan fingerprint density at radius 3 is 2.76 bits per heavy atom. The molecule has 4 nitrogen and oxygen atoms in total. The second-order valence-electron chi connectivity index (χ2n) is 5.14. The molecule has 0 saturated carbocycles. The summed E-state index contributed by atoms with van der Waals surface area (Å²) >= 11 is 9.01. The molecule has 1 unspecified atom stereocenters. The molecule has 1 heterocycles. The molecule has 17 heavy (non-hydrogen) atoms. The van der Waals surface area contributed by atoms with Gasteiger partial charge in [0, 0.05) is 12.7 Å². The molecule has 96 valence electrons. The molecule has 0 aliphatic carbocycles. The van der Waals surface area contributed by atoms with Crippen LogP contribution in [0.1, 0.15) is 27.2 Å². The lowest BCUT2D eigenvalue weighted by Gasteiger charge is -2.22. The van der Waals surface area contributed by atoms with Crippen molar-refractivity contribution in [1.29, 1.82) is 0 Å². The van der Waals surface area contributed by atoms with Gasteiger partial charge in [0.2, 0.25) is 5.28 Å². The van der Waals surface area contributed by atoms with E-state index < -0.39 is 6.10 Å². The van der Waals surface area contributed by atoms with Crippen LogP contribution in [0.4, 0.5) is 5.82 Å². The predicted octanol–water partition coefficient (Wildman–Crippen LogP) is 3.10. The molecule has 1 aromatic rings. The zero-order valence-corrected chi connectivity index (χ0v) is 12.5. The molecule has 0 spiro atoms. The van der Waals surface area contributed by atoms with Crippen LogP contribution < -0.4 is 5.32 Å². The predicted molar refractivity (Wildman–Crippen MR) is 73.3 cm³/mol. The first-order chi connectivity index (χ1) is 7.78. The van der Waals surface area contributed by atoms with Crippen LogP contribution in [0.5, 0.6) is 0 Å². The topological polar surface area (TPSA) is 58.0 Å². The van der Waals surface area contributed by atoms with E-state index in [1.165, 1.54) is 0 Å². The minimum atomic E-state index is -0.421. The number of rotatable bonds is 4. The number of anilines is 1. The van der Waals surface area contributed by atoms with Crippen LogP contribution in [0.2, 0.25) is 5.28 Å². The first-order valence-corrected chi connectivity index (χ1v) is 6.55. The minimum absolute atomic E-state index is 0.0989. The first kappa shape index (κ1) is 14.7. The molecule has 1 rings (SSSR count). The highest BCUT2D eigenvalue weighted by molar-refractivity contribution is 9.10. The van der Waals surface area contributed by atoms with Crippen molar-refractivity contribution in [3.8, 4) is 0 Å². The quantitative estimate of drug-likeness (QED) is 0.836. The normalized spacial score (nSPS) is 13.5. The summed E-state index contributed by atoms with van der Waals surface area (Å²) in [5.41, 5.74) is 0.0989. The Labute approximate surface area is 115 Å². The van der Waals surface area contributed by atoms with Crippen molar-refractivity contribution in [2.45, 2.75) is 33.3 Å². The van der Waals surface area contributed by atoms with Gasteiger partial charge in [-0.1, -0.05) is 20.8 Å². The van der Waals surface area contributed by atoms with E-state index in [9.17, 15) is 5.11 Å². The smallest absolute Gasteiger partial charge is 0.224 e. The fraction of sp³-hybridized carbons (Fsp3) is 0.636. The third-order valence-corrected chi connectivity index (χ3v) is 2.83. The maximum Gasteiger partial charge on any atom is 0.224 e. The SMILES string of the molecule is CC(C)(C)CC(O)CNc1nc(Cl)ncc1Br. The summed E-state index contributed by atoms with van der Waals surface area (Å²) < 4.78 is 0.727. The standard InChI is InChI=1S/C11H17BrClN3O/c1-11(2,3)4-7(17)5-14-9-8(12)6-15-10(13)16-9/h6-7,17H,4-5H2,1-3H3,(H,14,15,16). The molecule has 0 amide bonds. The number of halogens is 2. The Morgan fingerprint density at radius 2 is 2.18 bits per heavy atom. The lowest BCUT2D eigenvalue weighted by molar-refractivity contribution is 0.132. The van der Waals surface area contributed by atoms with Crippen LogP contribution in [0.15, 0.2) is 10.7 Å². The third-order valence-electron chi connectivity index (χ3n) is 2.07. The van der Waals surface area contributed by atoms with Crippen LogP contribution in [0, 0.1) is 5.41 Å². The largest absolute Gasteiger partial charge is 0.391 e. The average Bonchev–Trinajstić information content (AvgIpc) is 2.17. The van der Waals surface area contributed by atoms with Gasteiger partial charge in [0.1, 0.15) is 5.82 Å². The van der Waals surface area contributed by atoms with Gasteiger partial charge in [-0.05, 0) is 39.4 Å². The van der Waals surface area contributed by atoms with Crippen LogP contribution in [0.3, 0.4) is 0 Å². The van der Waals surface area contributed by atoms with E-state index in [2.05, 4.69) is 52.0 Å². The Kier molecular flexibility index (Phi) is 5.16. The molecular formula is C11H17BrClN3O. The maximum absolute atomic E-state index is 9.85. The Balaban J connectivity index is 2.53. The van der Waals surface area contributed by atoms with Crippen molar-refractivity contribution in [2.75, 3.05) is 11.9 Å². The Bertz CT molecular complexity index is 381. The fourth-order valence-electron chi connectivity index (χ4n) is 1.46. The van der Waals surface area contributed by atoms with Crippen molar-refractivity contribution in [1.82, 2.24) is 9.97 Å². The number of aliphatic hydroxyl groups excluding tert-OH is 1. The minimum Gasteiger partial charge on any atom is -0.391 e. The Hall–Kier alpha value is -0.390. The number of hydrogen-bond donors (Lipinski definition) is 2. The zero-order chi connectivity index (χ0) is 13.1. The molecule has 0 aromatic carbocycles. The molecule has 0 aliphatic heterocycles. The summed E-state index contributed by atoms with van der Waals surface area (Å²) in [6.07, 6.45) is 1.88. The van der Waals surface area contributed by atoms with Crippen molar-refractivity contribution in [2.24, 2.45) is 5.41 Å². The van der Waals surface area contributed by atoms with Gasteiger partial charge >= 0.3 is 0 Å². The van der Waals surface area contributed by atoms with Crippen LogP contribution in [0.25, 0.3) is 0 Å². The van der Waals surface area contributed by atoms with Gasteiger partial charge < -0.3 is 10.4 Å². The molecule has 1 aromatic heterocycles. The molecule has 2 N–H and O–H groups in total. The second kappa shape index (κ2) is 5.98. The lowest BCUT2D eigenvalue weighted by Crippen LogP contribution is -2.25. The second-order valence-corrected chi connectivity index (χ2v) is 6.33. The van der Waals surface area contributed by atoms with E-state index in [4.69, 9.17) is 11.6 Å². The number of aliphatic hydroxyl groups is 1. The molecule has 0 saturated heterocycles. The molecule has 0 bridgehead atoms. The lowest BCUT2D eigenvalue weighted by atomic mass is 9.89. The third kappa shape index (κ3) is 5.66. The summed E-state index contributed by atoms with van der Waals surface area (Å²) in [4.78, 5) is 7.86. The first-order valence-electron chi connectivity index (χ1n) is 5.38. The van der Waals surface area contributed by atoms with E-state index >= 15 is 0 Å². The monoisotopic (exact) mass is 321 g/mol. The van der Waals surface area contributed by atoms with Gasteiger partial charge in [-0.25, -0.2) is 4.98 Å². The van der Waals surface area contributed by atoms with Gasteiger partial charge in [-0.15, -0.1) is 0 Å². The van der Waals surface area contributed by atoms with Crippen molar-refractivity contribution >= 4 is 33.3 Å². The summed E-state index contributed by atoms with van der Waals surface area (Å²) in [5.74, 6) is 0.595. The fourth-order valence-corrected chi connectivity index (χ4v) is 1.93. The highest BCUT2D eigenvalue weighted by atomic mass is 79.9. The van der Waals surface area contributed by atoms with Crippen LogP contribution >= 0.6 is 27.5 Å². The maximum atomic E-state index is 9.85. The summed E-state index contributed by atoms with van der Waals surface area (Å²) in [5, 5.41) is 13.1. The van der Waals surface area contributed by atoms with Gasteiger partial charge in [-0.3, -0.25) is 0 Å². The molecular weight excluding hydrogens is 305 g/mol. The van der Waals surface area contributed by atoms with E-state index in [1.54, 1.807) is 6.20 Å². The number of nitrogens with zero attached hydrogens (tertiary/aromatic N) is 2. The average molecular weight is 323 g/mol. The van der Waals surface area contributed by atoms with Gasteiger partial charge in [0.25, 0.3) is 0 Å². The Morgan fingerprint density at radius 1 is 1.53 bits per heavy atom. The summed E-state index contributed by atoms with van der Waals surface area (Å²) in [7, 11) is 0. The summed E-state index contributed by atoms with van der Waals surface area (Å²) in [6, 6.07) is 0. The summed E-state index contributed by atoms with van der Waals surface area (Å²) in [6.45, 7) is 6.71. The zero-order valence-electron chi connectivity index (χ0n) is 10.2. The van der Waals surface area contributed by atoms with Crippen LogP contribution in [-0.2, 0) is 0 Å². The molecule has 0 fully saturated rings. The van der Waals surface area contributed by atoms with E-state index in [1.807, 2.05) is 0 Å². The van der Waals surface area contributed by atoms with E-state index in [0.717, 1.165) is 10.9 Å². The number of nitrogens with one attached hydrogen (secondary N) is 1. The molecule has 1 atom stereocenters. The van der Waals surface area contributed by atoms with E-state index in [-0.39, 0.29) is 10.7 Å². The molecule has 6 heteroatoms. The van der Waals surface area contributed by atoms with Gasteiger partial charge in [0.05, 0.1) is 10.6 Å². The number of aromatic nitrogens is 2. The van der Waals surface area contributed by atoms with Gasteiger partial charge in [-0.2, -0.15) is 4.98 Å². The highest BCUT2D eigenvalue weighted by Crippen LogP contribution is 2.23. The number of hydrogen-bond acceptors (Lipinski definition) is 4. The van der Waals surface area contributed by atoms with Crippen molar-refractivity contribution < 1.29 is 5.11 Å². The van der Waals surface area contributed by atoms with Crippen molar-refractivity contribution in [3.63, 3.8) is 0 Å². The molecule has 0 radical (unpaired) electrons. The van der Waals surface area contributed by atoms with E-state index in [0.29, 0.717) is 12.4 Å². The van der Waals surface area contributed by atoms with Gasteiger partial charge in [0.15, 0.2) is 0 Å². The molecule has 0 aliphatic rings. The van der Waals surface area contributed by atoms with Crippen LogP contribution in [-0.4, -0.2) is 27.7 Å². The van der Waals surface area contributed by atoms with Crippen molar-refractivity contribution in [3.05, 3.63) is 16.0 Å². The highest BCUT2D eigenvalue weighted by Gasteiger charge is 2.16.